The molecule has 7 heteroatoms. The number of rotatable bonds is 10. The van der Waals surface area contributed by atoms with Crippen molar-refractivity contribution in [1.82, 2.24) is 0 Å². The van der Waals surface area contributed by atoms with Crippen LogP contribution in [0.5, 0.6) is 0 Å². The number of hydrogen-bond donors (Lipinski definition) is 0. The molecule has 0 amide bonds. The van der Waals surface area contributed by atoms with Gasteiger partial charge in [0.05, 0.1) is 16.6 Å². The Morgan fingerprint density at radius 3 is 2.50 bits per heavy atom. The van der Waals surface area contributed by atoms with Crippen LogP contribution in [0.15, 0.2) is 24.3 Å². The molecule has 0 aliphatic heterocycles. The lowest BCUT2D eigenvalue weighted by Gasteiger charge is -2.14. The predicted octanol–water partition coefficient (Wildman–Crippen LogP) is 5.78. The molecule has 0 N–H and O–H groups in total. The summed E-state index contributed by atoms with van der Waals surface area (Å²) in [7, 11) is 0. The number of nitro groups is 1. The van der Waals surface area contributed by atoms with Gasteiger partial charge in [-0.1, -0.05) is 31.4 Å². The first-order valence-corrected chi connectivity index (χ1v) is 12.3. The normalized spacial score (nSPS) is 13.1. The van der Waals surface area contributed by atoms with Crippen molar-refractivity contribution < 1.29 is 9.66 Å². The van der Waals surface area contributed by atoms with Crippen LogP contribution >= 0.6 is 22.2 Å². The van der Waals surface area contributed by atoms with Crippen LogP contribution in [0.25, 0.3) is 0 Å². The number of unbranched alkanes of at least 4 members (excludes halogenated alkanes) is 3. The van der Waals surface area contributed by atoms with Crippen LogP contribution in [0, 0.1) is 10.1 Å². The fourth-order valence-electron chi connectivity index (χ4n) is 2.24. The van der Waals surface area contributed by atoms with Crippen LogP contribution in [0.2, 0.25) is 12.6 Å². The third-order valence-electron chi connectivity index (χ3n) is 3.45. The molecule has 1 rings (SSSR count). The van der Waals surface area contributed by atoms with E-state index in [1.165, 1.54) is 6.07 Å². The Bertz CT molecular complexity index is 480. The molecule has 0 aliphatic carbocycles. The van der Waals surface area contributed by atoms with Gasteiger partial charge in [-0.2, -0.15) is 0 Å². The Balaban J connectivity index is 2.27. The van der Waals surface area contributed by atoms with Crippen molar-refractivity contribution in [2.75, 3.05) is 6.61 Å². The minimum absolute atomic E-state index is 0.114. The van der Waals surface area contributed by atoms with Gasteiger partial charge in [-0.05, 0) is 32.0 Å². The zero-order valence-corrected chi connectivity index (χ0v) is 15.6. The van der Waals surface area contributed by atoms with Gasteiger partial charge in [0.2, 0.25) is 6.69 Å². The Kier molecular flexibility index (Phi) is 8.39. The molecule has 1 aromatic carbocycles. The van der Waals surface area contributed by atoms with Gasteiger partial charge in [0.25, 0.3) is 5.69 Å². The first kappa shape index (κ1) is 19.4. The SMILES string of the molecule is CC(OCCCCCC[Si](C)(Cl)Cl)c1ccccc1[N+](=O)[O-]. The second kappa shape index (κ2) is 9.50. The quantitative estimate of drug-likeness (QED) is 0.174. The fourth-order valence-corrected chi connectivity index (χ4v) is 3.91. The Morgan fingerprint density at radius 1 is 1.23 bits per heavy atom. The number of para-hydroxylation sites is 1. The second-order valence-corrected chi connectivity index (χ2v) is 13.8. The van der Waals surface area contributed by atoms with E-state index >= 15 is 0 Å². The first-order chi connectivity index (χ1) is 10.3. The monoisotopic (exact) mass is 363 g/mol. The summed E-state index contributed by atoms with van der Waals surface area (Å²) in [6.45, 7) is 2.43. The standard InChI is InChI=1S/C15H23Cl2NO3Si/c1-13(14-9-5-6-10-15(14)18(19)20)21-11-7-3-4-8-12-22(2,16)17/h5-6,9-10,13H,3-4,7-8,11-12H2,1-2H3. The molecule has 0 saturated heterocycles. The molecule has 1 aromatic rings. The van der Waals surface area contributed by atoms with E-state index in [1.54, 1.807) is 18.2 Å². The van der Waals surface area contributed by atoms with E-state index in [4.69, 9.17) is 26.9 Å². The molecule has 124 valence electrons. The number of nitro benzene ring substituents is 1. The number of nitrogens with zero attached hydrogens (tertiary/aromatic N) is 1. The van der Waals surface area contributed by atoms with Crippen molar-refractivity contribution in [3.63, 3.8) is 0 Å². The molecule has 0 heterocycles. The Labute approximate surface area is 142 Å². The molecule has 0 aliphatic rings. The van der Waals surface area contributed by atoms with E-state index in [0.29, 0.717) is 12.2 Å². The molecular weight excluding hydrogens is 341 g/mol. The number of hydrogen-bond acceptors (Lipinski definition) is 3. The Morgan fingerprint density at radius 2 is 1.86 bits per heavy atom. The largest absolute Gasteiger partial charge is 0.374 e. The molecule has 1 atom stereocenters. The molecular formula is C15H23Cl2NO3Si. The highest BCUT2D eigenvalue weighted by Crippen LogP contribution is 2.27. The van der Waals surface area contributed by atoms with Gasteiger partial charge in [-0.3, -0.25) is 10.1 Å². The topological polar surface area (TPSA) is 52.4 Å². The van der Waals surface area contributed by atoms with Crippen LogP contribution in [-0.4, -0.2) is 18.2 Å². The van der Waals surface area contributed by atoms with E-state index in [1.807, 2.05) is 13.5 Å². The van der Waals surface area contributed by atoms with Crippen LogP contribution in [0.3, 0.4) is 0 Å². The summed E-state index contributed by atoms with van der Waals surface area (Å²) in [5.41, 5.74) is 0.738. The van der Waals surface area contributed by atoms with E-state index in [9.17, 15) is 10.1 Å². The zero-order chi connectivity index (χ0) is 16.6. The van der Waals surface area contributed by atoms with Crippen LogP contribution in [-0.2, 0) is 4.74 Å². The van der Waals surface area contributed by atoms with Gasteiger partial charge in [-0.25, -0.2) is 0 Å². The van der Waals surface area contributed by atoms with Crippen molar-refractivity contribution in [3.05, 3.63) is 39.9 Å². The van der Waals surface area contributed by atoms with Crippen LogP contribution < -0.4 is 0 Å². The van der Waals surface area contributed by atoms with Gasteiger partial charge in [0, 0.05) is 12.7 Å². The van der Waals surface area contributed by atoms with E-state index in [0.717, 1.165) is 31.7 Å². The molecule has 0 spiro atoms. The van der Waals surface area contributed by atoms with Gasteiger partial charge in [0.15, 0.2) is 0 Å². The summed E-state index contributed by atoms with van der Waals surface area (Å²) in [6, 6.07) is 7.63. The van der Waals surface area contributed by atoms with Crippen LogP contribution in [0.1, 0.15) is 44.3 Å². The third kappa shape index (κ3) is 7.58. The molecule has 0 radical (unpaired) electrons. The van der Waals surface area contributed by atoms with E-state index in [2.05, 4.69) is 0 Å². The lowest BCUT2D eigenvalue weighted by molar-refractivity contribution is -0.386. The highest BCUT2D eigenvalue weighted by molar-refractivity contribution is 7.44. The van der Waals surface area contributed by atoms with E-state index < -0.39 is 6.69 Å². The fraction of sp³-hybridized carbons (Fsp3) is 0.600. The van der Waals surface area contributed by atoms with Gasteiger partial charge in [0.1, 0.15) is 0 Å². The average Bonchev–Trinajstić information content (AvgIpc) is 2.44. The minimum atomic E-state index is -1.96. The zero-order valence-electron chi connectivity index (χ0n) is 13.1. The summed E-state index contributed by atoms with van der Waals surface area (Å²) in [5, 5.41) is 11.0. The molecule has 4 nitrogen and oxygen atoms in total. The smallest absolute Gasteiger partial charge is 0.275 e. The number of ether oxygens (including phenoxy) is 1. The van der Waals surface area contributed by atoms with Gasteiger partial charge in [-0.15, -0.1) is 22.2 Å². The molecule has 0 bridgehead atoms. The maximum atomic E-state index is 11.0. The minimum Gasteiger partial charge on any atom is -0.374 e. The summed E-state index contributed by atoms with van der Waals surface area (Å²) in [6.07, 6.45) is 3.86. The molecule has 0 saturated carbocycles. The first-order valence-electron chi connectivity index (χ1n) is 7.54. The van der Waals surface area contributed by atoms with E-state index in [-0.39, 0.29) is 16.7 Å². The summed E-state index contributed by atoms with van der Waals surface area (Å²) in [5.74, 6) is 0. The highest BCUT2D eigenvalue weighted by atomic mass is 35.7. The van der Waals surface area contributed by atoms with Gasteiger partial charge < -0.3 is 4.74 Å². The van der Waals surface area contributed by atoms with Crippen molar-refractivity contribution in [2.24, 2.45) is 0 Å². The number of halogens is 2. The summed E-state index contributed by atoms with van der Waals surface area (Å²) in [4.78, 5) is 10.6. The molecule has 0 aromatic heterocycles. The lowest BCUT2D eigenvalue weighted by Crippen LogP contribution is -2.11. The third-order valence-corrected chi connectivity index (χ3v) is 5.81. The van der Waals surface area contributed by atoms with Crippen LogP contribution in [0.4, 0.5) is 5.69 Å². The summed E-state index contributed by atoms with van der Waals surface area (Å²) < 4.78 is 5.72. The predicted molar refractivity (Wildman–Crippen MR) is 94.1 cm³/mol. The lowest BCUT2D eigenvalue weighted by atomic mass is 10.1. The molecule has 0 fully saturated rings. The Hall–Kier alpha value is -0.623. The maximum Gasteiger partial charge on any atom is 0.275 e. The average molecular weight is 364 g/mol. The maximum absolute atomic E-state index is 11.0. The summed E-state index contributed by atoms with van der Waals surface area (Å²) >= 11 is 12.1. The molecule has 22 heavy (non-hydrogen) atoms. The molecule has 1 unspecified atom stereocenters. The van der Waals surface area contributed by atoms with Crippen molar-refractivity contribution in [1.29, 1.82) is 0 Å². The second-order valence-electron chi connectivity index (χ2n) is 5.56. The highest BCUT2D eigenvalue weighted by Gasteiger charge is 2.20. The van der Waals surface area contributed by atoms with Crippen molar-refractivity contribution >= 4 is 34.5 Å². The van der Waals surface area contributed by atoms with Crippen molar-refractivity contribution in [2.45, 2.75) is 51.3 Å². The number of benzene rings is 1. The van der Waals surface area contributed by atoms with Crippen molar-refractivity contribution in [3.8, 4) is 0 Å². The van der Waals surface area contributed by atoms with Gasteiger partial charge >= 0.3 is 0 Å².